The fourth-order valence-electron chi connectivity index (χ4n) is 1.57. The van der Waals surface area contributed by atoms with Crippen LogP contribution in [0, 0.1) is 0 Å². The number of pyridine rings is 2. The van der Waals surface area contributed by atoms with E-state index in [1.807, 2.05) is 18.3 Å². The van der Waals surface area contributed by atoms with Crippen LogP contribution in [0.1, 0.15) is 24.2 Å². The first-order valence-corrected chi connectivity index (χ1v) is 7.18. The van der Waals surface area contributed by atoms with Crippen molar-refractivity contribution in [2.45, 2.75) is 19.5 Å². The molecule has 0 saturated heterocycles. The van der Waals surface area contributed by atoms with Gasteiger partial charge in [0.25, 0.3) is 0 Å². The van der Waals surface area contributed by atoms with Crippen molar-refractivity contribution >= 4 is 31.9 Å². The number of hydrogen-bond acceptors (Lipinski definition) is 3. The first kappa shape index (κ1) is 13.6. The molecule has 0 fully saturated rings. The highest BCUT2D eigenvalue weighted by molar-refractivity contribution is 9.11. The third-order valence-corrected chi connectivity index (χ3v) is 3.76. The van der Waals surface area contributed by atoms with Gasteiger partial charge in [-0.1, -0.05) is 6.07 Å². The molecule has 0 aromatic carbocycles. The topological polar surface area (TPSA) is 37.8 Å². The Bertz CT molecular complexity index is 517. The fourth-order valence-corrected chi connectivity index (χ4v) is 2.70. The van der Waals surface area contributed by atoms with Gasteiger partial charge in [0.15, 0.2) is 0 Å². The highest BCUT2D eigenvalue weighted by Gasteiger charge is 2.07. The van der Waals surface area contributed by atoms with Crippen LogP contribution in [0.2, 0.25) is 0 Å². The molecule has 1 N–H and O–H groups in total. The van der Waals surface area contributed by atoms with E-state index in [9.17, 15) is 0 Å². The average Bonchev–Trinajstić information content (AvgIpc) is 2.38. The molecule has 0 aliphatic heterocycles. The molecule has 2 rings (SSSR count). The van der Waals surface area contributed by atoms with E-state index < -0.39 is 0 Å². The first-order valence-electron chi connectivity index (χ1n) is 5.60. The van der Waals surface area contributed by atoms with Crippen LogP contribution in [0.5, 0.6) is 0 Å². The summed E-state index contributed by atoms with van der Waals surface area (Å²) in [4.78, 5) is 8.49. The summed E-state index contributed by atoms with van der Waals surface area (Å²) in [5.41, 5.74) is 2.17. The van der Waals surface area contributed by atoms with Crippen molar-refractivity contribution in [1.82, 2.24) is 15.3 Å². The van der Waals surface area contributed by atoms with E-state index >= 15 is 0 Å². The van der Waals surface area contributed by atoms with Crippen LogP contribution >= 0.6 is 31.9 Å². The number of nitrogens with one attached hydrogen (secondary N) is 1. The molecule has 0 spiro atoms. The van der Waals surface area contributed by atoms with Crippen LogP contribution in [-0.4, -0.2) is 9.97 Å². The third-order valence-electron chi connectivity index (χ3n) is 2.64. The van der Waals surface area contributed by atoms with Crippen LogP contribution < -0.4 is 5.32 Å². The summed E-state index contributed by atoms with van der Waals surface area (Å²) in [5, 5.41) is 3.43. The standard InChI is InChI=1S/C13H13Br2N3/c1-9(10-3-2-4-16-6-10)17-8-13-12(15)5-11(14)7-18-13/h2-7,9,17H,8H2,1H3/t9-/m1/s1. The molecule has 0 aliphatic carbocycles. The van der Waals surface area contributed by atoms with Crippen molar-refractivity contribution in [1.29, 1.82) is 0 Å². The number of nitrogens with zero attached hydrogens (tertiary/aromatic N) is 2. The second kappa shape index (κ2) is 6.41. The van der Waals surface area contributed by atoms with Crippen molar-refractivity contribution in [2.24, 2.45) is 0 Å². The molecular formula is C13H13Br2N3. The highest BCUT2D eigenvalue weighted by Crippen LogP contribution is 2.20. The SMILES string of the molecule is C[C@@H](NCc1ncc(Br)cc1Br)c1cccnc1. The molecule has 5 heteroatoms. The lowest BCUT2D eigenvalue weighted by molar-refractivity contribution is 0.565. The number of aromatic nitrogens is 2. The minimum atomic E-state index is 0.246. The maximum absolute atomic E-state index is 4.37. The van der Waals surface area contributed by atoms with E-state index in [0.29, 0.717) is 6.54 Å². The predicted octanol–water partition coefficient (Wildman–Crippen LogP) is 3.85. The van der Waals surface area contributed by atoms with Gasteiger partial charge in [0.1, 0.15) is 0 Å². The van der Waals surface area contributed by atoms with Gasteiger partial charge in [-0.05, 0) is 56.5 Å². The monoisotopic (exact) mass is 369 g/mol. The Morgan fingerprint density at radius 3 is 2.83 bits per heavy atom. The van der Waals surface area contributed by atoms with Crippen LogP contribution in [0.15, 0.2) is 45.7 Å². The van der Waals surface area contributed by atoms with Gasteiger partial charge in [0.2, 0.25) is 0 Å². The van der Waals surface area contributed by atoms with Gasteiger partial charge in [-0.25, -0.2) is 0 Å². The summed E-state index contributed by atoms with van der Waals surface area (Å²) in [6.45, 7) is 2.83. The van der Waals surface area contributed by atoms with Crippen molar-refractivity contribution in [3.8, 4) is 0 Å². The third kappa shape index (κ3) is 3.60. The first-order chi connectivity index (χ1) is 8.66. The van der Waals surface area contributed by atoms with Crippen LogP contribution in [0.25, 0.3) is 0 Å². The number of rotatable bonds is 4. The summed E-state index contributed by atoms with van der Waals surface area (Å²) in [6.07, 6.45) is 5.46. The molecule has 2 heterocycles. The van der Waals surface area contributed by atoms with Crippen molar-refractivity contribution in [3.05, 3.63) is 57.0 Å². The van der Waals surface area contributed by atoms with Crippen molar-refractivity contribution < 1.29 is 0 Å². The minimum Gasteiger partial charge on any atom is -0.304 e. The maximum atomic E-state index is 4.37. The molecule has 0 bridgehead atoms. The largest absolute Gasteiger partial charge is 0.304 e. The van der Waals surface area contributed by atoms with E-state index in [4.69, 9.17) is 0 Å². The smallest absolute Gasteiger partial charge is 0.0684 e. The van der Waals surface area contributed by atoms with E-state index in [1.54, 1.807) is 12.4 Å². The Labute approximate surface area is 123 Å². The zero-order valence-corrected chi connectivity index (χ0v) is 13.1. The molecule has 2 aromatic heterocycles. The van der Waals surface area contributed by atoms with Crippen molar-refractivity contribution in [2.75, 3.05) is 0 Å². The fraction of sp³-hybridized carbons (Fsp3) is 0.231. The summed E-state index contributed by atoms with van der Waals surface area (Å²) in [7, 11) is 0. The van der Waals surface area contributed by atoms with Gasteiger partial charge in [-0.15, -0.1) is 0 Å². The Kier molecular flexibility index (Phi) is 4.86. The zero-order valence-electron chi connectivity index (χ0n) is 9.90. The lowest BCUT2D eigenvalue weighted by atomic mass is 10.1. The Balaban J connectivity index is 1.99. The summed E-state index contributed by atoms with van der Waals surface area (Å²) in [6, 6.07) is 6.26. The molecule has 1 atom stereocenters. The Hall–Kier alpha value is -0.780. The molecule has 0 radical (unpaired) electrons. The minimum absolute atomic E-state index is 0.246. The van der Waals surface area contributed by atoms with E-state index in [-0.39, 0.29) is 6.04 Å². The van der Waals surface area contributed by atoms with Gasteiger partial charge in [-0.3, -0.25) is 9.97 Å². The molecular weight excluding hydrogens is 358 g/mol. The normalized spacial score (nSPS) is 12.4. The van der Waals surface area contributed by atoms with Gasteiger partial charge in [0.05, 0.1) is 5.69 Å². The lowest BCUT2D eigenvalue weighted by Crippen LogP contribution is -2.19. The van der Waals surface area contributed by atoms with Crippen molar-refractivity contribution in [3.63, 3.8) is 0 Å². The zero-order chi connectivity index (χ0) is 13.0. The van der Waals surface area contributed by atoms with Crippen LogP contribution in [0.4, 0.5) is 0 Å². The van der Waals surface area contributed by atoms with E-state index in [1.165, 1.54) is 5.56 Å². The molecule has 0 saturated carbocycles. The van der Waals surface area contributed by atoms with Gasteiger partial charge in [-0.2, -0.15) is 0 Å². The summed E-state index contributed by atoms with van der Waals surface area (Å²) in [5.74, 6) is 0. The van der Waals surface area contributed by atoms with Gasteiger partial charge < -0.3 is 5.32 Å². The molecule has 18 heavy (non-hydrogen) atoms. The quantitative estimate of drug-likeness (QED) is 0.888. The lowest BCUT2D eigenvalue weighted by Gasteiger charge is -2.14. The van der Waals surface area contributed by atoms with Crippen LogP contribution in [-0.2, 0) is 6.54 Å². The van der Waals surface area contributed by atoms with Gasteiger partial charge in [0, 0.05) is 40.1 Å². The van der Waals surface area contributed by atoms with E-state index in [2.05, 4.69) is 60.1 Å². The summed E-state index contributed by atoms with van der Waals surface area (Å²) < 4.78 is 1.97. The molecule has 2 aromatic rings. The number of hydrogen-bond donors (Lipinski definition) is 1. The second-order valence-electron chi connectivity index (χ2n) is 3.97. The molecule has 0 amide bonds. The van der Waals surface area contributed by atoms with E-state index in [0.717, 1.165) is 14.6 Å². The summed E-state index contributed by atoms with van der Waals surface area (Å²) >= 11 is 6.90. The predicted molar refractivity (Wildman–Crippen MR) is 79.1 cm³/mol. The molecule has 0 aliphatic rings. The second-order valence-corrected chi connectivity index (χ2v) is 5.74. The van der Waals surface area contributed by atoms with Gasteiger partial charge >= 0.3 is 0 Å². The van der Waals surface area contributed by atoms with Crippen LogP contribution in [0.3, 0.4) is 0 Å². The Morgan fingerprint density at radius 1 is 1.33 bits per heavy atom. The highest BCUT2D eigenvalue weighted by atomic mass is 79.9. The molecule has 94 valence electrons. The maximum Gasteiger partial charge on any atom is 0.0684 e. The molecule has 3 nitrogen and oxygen atoms in total. The molecule has 0 unspecified atom stereocenters. The Morgan fingerprint density at radius 2 is 2.17 bits per heavy atom. The average molecular weight is 371 g/mol. The number of halogens is 2.